The molecule has 1 aliphatic heterocycles. The summed E-state index contributed by atoms with van der Waals surface area (Å²) in [6.45, 7) is 1.78. The van der Waals surface area contributed by atoms with E-state index in [9.17, 15) is 22.8 Å². The molecule has 5 rings (SSSR count). The molecule has 36 heavy (non-hydrogen) atoms. The van der Waals surface area contributed by atoms with Crippen LogP contribution in [0, 0.1) is 17.1 Å². The molecule has 0 atom stereocenters. The monoisotopic (exact) mass is 515 g/mol. The Labute approximate surface area is 207 Å². The fourth-order valence-corrected chi connectivity index (χ4v) is 5.18. The molecule has 2 aliphatic rings. The van der Waals surface area contributed by atoms with Crippen molar-refractivity contribution in [2.75, 3.05) is 9.80 Å². The first kappa shape index (κ1) is 23.9. The number of nitrogens with zero attached hydrogens (tertiary/aromatic N) is 5. The Kier molecular flexibility index (Phi) is 5.37. The number of aryl methyl sites for hydroxylation is 1. The third-order valence-corrected chi connectivity index (χ3v) is 7.02. The number of thiocarbonyl (C=S) groups is 1. The van der Waals surface area contributed by atoms with E-state index in [-0.39, 0.29) is 22.1 Å². The Morgan fingerprint density at radius 2 is 1.89 bits per heavy atom. The summed E-state index contributed by atoms with van der Waals surface area (Å²) in [5.41, 5.74) is -3.33. The van der Waals surface area contributed by atoms with Crippen molar-refractivity contribution < 1.29 is 22.4 Å². The van der Waals surface area contributed by atoms with Gasteiger partial charge in [-0.15, -0.1) is 0 Å². The van der Waals surface area contributed by atoms with Crippen LogP contribution in [0.1, 0.15) is 43.0 Å². The predicted octanol–water partition coefficient (Wildman–Crippen LogP) is 4.35. The molecule has 7 nitrogen and oxygen atoms in total. The van der Waals surface area contributed by atoms with Crippen LogP contribution in [-0.2, 0) is 17.4 Å². The lowest BCUT2D eigenvalue weighted by molar-refractivity contribution is -0.137. The van der Waals surface area contributed by atoms with Gasteiger partial charge in [0.25, 0.3) is 11.5 Å². The van der Waals surface area contributed by atoms with E-state index < -0.39 is 40.1 Å². The third-order valence-electron chi connectivity index (χ3n) is 6.65. The number of carbonyl (C=O) groups excluding carboxylic acids is 1. The zero-order valence-electron chi connectivity index (χ0n) is 18.8. The van der Waals surface area contributed by atoms with Crippen LogP contribution in [0.3, 0.4) is 0 Å². The number of alkyl halides is 3. The van der Waals surface area contributed by atoms with Gasteiger partial charge >= 0.3 is 6.18 Å². The van der Waals surface area contributed by atoms with Gasteiger partial charge in [0.05, 0.1) is 28.6 Å². The Hall–Kier alpha value is -3.85. The molecule has 2 fully saturated rings. The fourth-order valence-electron chi connectivity index (χ4n) is 4.71. The summed E-state index contributed by atoms with van der Waals surface area (Å²) in [5.74, 6) is -1.36. The molecule has 184 valence electrons. The van der Waals surface area contributed by atoms with Gasteiger partial charge in [0.2, 0.25) is 0 Å². The lowest BCUT2D eigenvalue weighted by atomic mass is 9.75. The molecule has 1 spiro atoms. The first-order valence-electron chi connectivity index (χ1n) is 11.0. The molecule has 1 aliphatic carbocycles. The summed E-state index contributed by atoms with van der Waals surface area (Å²) in [5, 5.41) is 8.95. The van der Waals surface area contributed by atoms with Gasteiger partial charge in [0.15, 0.2) is 16.6 Å². The number of halogens is 4. The second kappa shape index (κ2) is 8.09. The molecule has 0 N–H and O–H groups in total. The zero-order valence-corrected chi connectivity index (χ0v) is 19.6. The minimum absolute atomic E-state index is 0.110. The van der Waals surface area contributed by atoms with Gasteiger partial charge in [-0.1, -0.05) is 6.92 Å². The third kappa shape index (κ3) is 3.37. The van der Waals surface area contributed by atoms with Gasteiger partial charge in [0, 0.05) is 24.0 Å². The van der Waals surface area contributed by atoms with E-state index in [1.54, 1.807) is 6.92 Å². The molecule has 1 amide bonds. The quantitative estimate of drug-likeness (QED) is 0.381. The fraction of sp³-hybridized carbons (Fsp3) is 0.292. The van der Waals surface area contributed by atoms with Crippen LogP contribution >= 0.6 is 12.2 Å². The van der Waals surface area contributed by atoms with Crippen LogP contribution in [0.5, 0.6) is 0 Å². The van der Waals surface area contributed by atoms with E-state index in [4.69, 9.17) is 17.5 Å². The first-order chi connectivity index (χ1) is 17.0. The van der Waals surface area contributed by atoms with Gasteiger partial charge in [-0.3, -0.25) is 18.9 Å². The van der Waals surface area contributed by atoms with Crippen molar-refractivity contribution in [2.45, 2.75) is 44.3 Å². The number of hydrogen-bond donors (Lipinski definition) is 0. The Bertz CT molecular complexity index is 1560. The molecule has 0 radical (unpaired) electrons. The molecule has 2 aromatic heterocycles. The van der Waals surface area contributed by atoms with E-state index in [1.165, 1.54) is 29.3 Å². The molecular formula is C24H17F4N5O2S. The number of anilines is 2. The van der Waals surface area contributed by atoms with Crippen molar-refractivity contribution in [1.29, 1.82) is 5.26 Å². The maximum absolute atomic E-state index is 15.1. The highest BCUT2D eigenvalue weighted by Gasteiger charge is 2.60. The topological polar surface area (TPSA) is 81.7 Å². The summed E-state index contributed by atoms with van der Waals surface area (Å²) < 4.78 is 56.9. The highest BCUT2D eigenvalue weighted by atomic mass is 32.1. The SMILES string of the molecule is CCc1cc(=O)n2cc(N3C(=S)N(c4ccc(C#N)c(C(F)(F)F)c4)C(=O)C34CCC4)cc(F)c2n1. The molecular weight excluding hydrogens is 498 g/mol. The lowest BCUT2D eigenvalue weighted by Gasteiger charge is -2.42. The standard InChI is InChI=1S/C24H17F4N5O2S/c1-2-14-8-19(34)31-12-16(10-18(25)20(31)30-14)33-22(36)32(21(35)23(33)6-3-7-23)15-5-4-13(11-29)17(9-15)24(26,27)28/h4-5,8-10,12H,2-3,6-7H2,1H3. The number of aromatic nitrogens is 2. The van der Waals surface area contributed by atoms with Crippen molar-refractivity contribution >= 4 is 40.3 Å². The molecule has 1 saturated carbocycles. The zero-order chi connectivity index (χ0) is 26.0. The number of nitriles is 1. The Morgan fingerprint density at radius 1 is 1.17 bits per heavy atom. The van der Waals surface area contributed by atoms with E-state index >= 15 is 4.39 Å². The molecule has 1 aromatic carbocycles. The van der Waals surface area contributed by atoms with E-state index in [0.29, 0.717) is 37.4 Å². The summed E-state index contributed by atoms with van der Waals surface area (Å²) >= 11 is 5.55. The van der Waals surface area contributed by atoms with Gasteiger partial charge in [-0.2, -0.15) is 18.4 Å². The molecule has 3 heterocycles. The Morgan fingerprint density at radius 3 is 2.47 bits per heavy atom. The lowest BCUT2D eigenvalue weighted by Crippen LogP contribution is -2.55. The maximum atomic E-state index is 15.1. The molecule has 0 unspecified atom stereocenters. The van der Waals surface area contributed by atoms with Gasteiger partial charge in [-0.05, 0) is 56.1 Å². The van der Waals surface area contributed by atoms with Crippen LogP contribution in [0.4, 0.5) is 28.9 Å². The molecule has 1 saturated heterocycles. The van der Waals surface area contributed by atoms with Crippen LogP contribution in [0.15, 0.2) is 41.3 Å². The largest absolute Gasteiger partial charge is 0.417 e. The highest BCUT2D eigenvalue weighted by Crippen LogP contribution is 2.48. The smallest absolute Gasteiger partial charge is 0.301 e. The molecule has 12 heteroatoms. The van der Waals surface area contributed by atoms with Crippen LogP contribution in [0.25, 0.3) is 5.65 Å². The second-order valence-corrected chi connectivity index (χ2v) is 9.03. The van der Waals surface area contributed by atoms with Crippen LogP contribution in [0.2, 0.25) is 0 Å². The van der Waals surface area contributed by atoms with Gasteiger partial charge in [-0.25, -0.2) is 9.37 Å². The number of rotatable bonds is 3. The second-order valence-electron chi connectivity index (χ2n) is 8.66. The van der Waals surface area contributed by atoms with Crippen molar-refractivity contribution in [3.8, 4) is 6.07 Å². The van der Waals surface area contributed by atoms with E-state index in [1.807, 2.05) is 0 Å². The van der Waals surface area contributed by atoms with Crippen molar-refractivity contribution in [2.24, 2.45) is 0 Å². The predicted molar refractivity (Wildman–Crippen MR) is 126 cm³/mol. The van der Waals surface area contributed by atoms with Crippen molar-refractivity contribution in [1.82, 2.24) is 9.38 Å². The summed E-state index contributed by atoms with van der Waals surface area (Å²) in [6.07, 6.45) is -1.74. The number of pyridine rings is 1. The molecule has 0 bridgehead atoms. The minimum atomic E-state index is -4.83. The van der Waals surface area contributed by atoms with Crippen LogP contribution < -0.4 is 15.4 Å². The van der Waals surface area contributed by atoms with Gasteiger partial charge in [0.1, 0.15) is 5.54 Å². The normalized spacial score (nSPS) is 17.1. The number of amides is 1. The average Bonchev–Trinajstić information content (AvgIpc) is 3.05. The highest BCUT2D eigenvalue weighted by molar-refractivity contribution is 7.81. The molecule has 3 aromatic rings. The summed E-state index contributed by atoms with van der Waals surface area (Å²) in [6, 6.07) is 6.81. The number of carbonyl (C=O) groups is 1. The number of benzene rings is 1. The summed E-state index contributed by atoms with van der Waals surface area (Å²) in [4.78, 5) is 32.8. The summed E-state index contributed by atoms with van der Waals surface area (Å²) in [7, 11) is 0. The number of hydrogen-bond acceptors (Lipinski definition) is 5. The van der Waals surface area contributed by atoms with Gasteiger partial charge < -0.3 is 4.90 Å². The van der Waals surface area contributed by atoms with Crippen molar-refractivity contribution in [3.63, 3.8) is 0 Å². The van der Waals surface area contributed by atoms with Crippen molar-refractivity contribution in [3.05, 3.63) is 69.5 Å². The maximum Gasteiger partial charge on any atom is 0.417 e. The van der Waals surface area contributed by atoms with Crippen LogP contribution in [-0.4, -0.2) is 25.9 Å². The Balaban J connectivity index is 1.66. The average molecular weight is 515 g/mol. The first-order valence-corrected chi connectivity index (χ1v) is 11.4. The van der Waals surface area contributed by atoms with E-state index in [2.05, 4.69) is 4.98 Å². The van der Waals surface area contributed by atoms with E-state index in [0.717, 1.165) is 21.4 Å². The number of fused-ring (bicyclic) bond motifs is 1. The minimum Gasteiger partial charge on any atom is -0.301 e.